The molecule has 0 aromatic rings. The summed E-state index contributed by atoms with van der Waals surface area (Å²) in [5.74, 6) is -0.274. The summed E-state index contributed by atoms with van der Waals surface area (Å²) in [6.45, 7) is 4.02. The molecule has 0 aromatic heterocycles. The summed E-state index contributed by atoms with van der Waals surface area (Å²) in [4.78, 5) is 10.8. The molecule has 0 bridgehead atoms. The first-order valence-corrected chi connectivity index (χ1v) is 6.81. The van der Waals surface area contributed by atoms with Gasteiger partial charge in [0, 0.05) is 18.0 Å². The lowest BCUT2D eigenvalue weighted by atomic mass is 10.0. The smallest absolute Gasteiger partial charge is 0.221 e. The highest BCUT2D eigenvalue weighted by molar-refractivity contribution is 7.91. The highest BCUT2D eigenvalue weighted by Crippen LogP contribution is 2.22. The number of amides is 1. The van der Waals surface area contributed by atoms with Crippen molar-refractivity contribution in [2.24, 2.45) is 11.7 Å². The minimum absolute atomic E-state index is 0.144. The van der Waals surface area contributed by atoms with Gasteiger partial charge < -0.3 is 11.1 Å². The number of carbonyl (C=O) groups excluding carboxylic acids is 1. The summed E-state index contributed by atoms with van der Waals surface area (Å²) in [5.41, 5.74) is 4.72. The molecule has 0 saturated carbocycles. The summed E-state index contributed by atoms with van der Waals surface area (Å²) in [7, 11) is -2.90. The Morgan fingerprint density at radius 1 is 1.60 bits per heavy atom. The third kappa shape index (κ3) is 3.46. The van der Waals surface area contributed by atoms with Crippen molar-refractivity contribution in [3.8, 4) is 0 Å². The summed E-state index contributed by atoms with van der Waals surface area (Å²) in [5, 5.41) is 3.11. The molecule has 1 fully saturated rings. The van der Waals surface area contributed by atoms with Crippen LogP contribution in [0.4, 0.5) is 0 Å². The molecule has 15 heavy (non-hydrogen) atoms. The third-order valence-electron chi connectivity index (χ3n) is 2.82. The molecule has 88 valence electrons. The van der Waals surface area contributed by atoms with E-state index < -0.39 is 15.4 Å². The maximum Gasteiger partial charge on any atom is 0.221 e. The van der Waals surface area contributed by atoms with Crippen LogP contribution in [0.15, 0.2) is 0 Å². The van der Waals surface area contributed by atoms with Crippen LogP contribution in [0.2, 0.25) is 0 Å². The van der Waals surface area contributed by atoms with Gasteiger partial charge in [-0.3, -0.25) is 4.79 Å². The molecule has 2 unspecified atom stereocenters. The van der Waals surface area contributed by atoms with Crippen LogP contribution in [-0.4, -0.2) is 37.9 Å². The molecule has 5 nitrogen and oxygen atoms in total. The predicted molar refractivity (Wildman–Crippen MR) is 58.0 cm³/mol. The quantitative estimate of drug-likeness (QED) is 0.671. The van der Waals surface area contributed by atoms with Crippen LogP contribution in [0.5, 0.6) is 0 Å². The van der Waals surface area contributed by atoms with Gasteiger partial charge in [0.25, 0.3) is 0 Å². The van der Waals surface area contributed by atoms with Crippen molar-refractivity contribution in [3.05, 3.63) is 0 Å². The van der Waals surface area contributed by atoms with Crippen LogP contribution >= 0.6 is 0 Å². The maximum atomic E-state index is 11.3. The normalized spacial score (nSPS) is 31.3. The molecular formula is C9H18N2O3S. The van der Waals surface area contributed by atoms with Gasteiger partial charge in [-0.1, -0.05) is 6.92 Å². The molecule has 1 heterocycles. The molecule has 1 rings (SSSR count). The topological polar surface area (TPSA) is 89.3 Å². The number of primary amides is 1. The van der Waals surface area contributed by atoms with E-state index in [-0.39, 0.29) is 23.3 Å². The highest BCUT2D eigenvalue weighted by atomic mass is 32.2. The number of nitrogens with one attached hydrogen (secondary N) is 1. The molecule has 1 aliphatic rings. The van der Waals surface area contributed by atoms with Crippen molar-refractivity contribution in [2.45, 2.75) is 25.8 Å². The van der Waals surface area contributed by atoms with Crippen LogP contribution < -0.4 is 11.1 Å². The van der Waals surface area contributed by atoms with Gasteiger partial charge in [-0.15, -0.1) is 0 Å². The first kappa shape index (κ1) is 12.4. The average Bonchev–Trinajstić information content (AvgIpc) is 2.37. The van der Waals surface area contributed by atoms with E-state index in [0.29, 0.717) is 13.0 Å². The van der Waals surface area contributed by atoms with Gasteiger partial charge in [0.15, 0.2) is 9.84 Å². The van der Waals surface area contributed by atoms with Crippen LogP contribution in [0.1, 0.15) is 20.3 Å². The summed E-state index contributed by atoms with van der Waals surface area (Å²) >= 11 is 0. The fraction of sp³-hybridized carbons (Fsp3) is 0.889. The number of nitrogens with two attached hydrogens (primary N) is 1. The first-order chi connectivity index (χ1) is 6.74. The van der Waals surface area contributed by atoms with E-state index >= 15 is 0 Å². The monoisotopic (exact) mass is 234 g/mol. The lowest BCUT2D eigenvalue weighted by Gasteiger charge is -2.25. The zero-order chi connectivity index (χ0) is 11.7. The summed E-state index contributed by atoms with van der Waals surface area (Å²) < 4.78 is 22.6. The van der Waals surface area contributed by atoms with Crippen LogP contribution in [0.3, 0.4) is 0 Å². The number of hydrogen-bond donors (Lipinski definition) is 2. The zero-order valence-corrected chi connectivity index (χ0v) is 9.93. The Morgan fingerprint density at radius 3 is 2.60 bits per heavy atom. The minimum atomic E-state index is -2.90. The first-order valence-electron chi connectivity index (χ1n) is 4.99. The lowest BCUT2D eigenvalue weighted by Crippen LogP contribution is -2.46. The van der Waals surface area contributed by atoms with E-state index in [4.69, 9.17) is 5.73 Å². The van der Waals surface area contributed by atoms with Crippen molar-refractivity contribution < 1.29 is 13.2 Å². The molecular weight excluding hydrogens is 216 g/mol. The van der Waals surface area contributed by atoms with E-state index in [1.54, 1.807) is 6.92 Å². The Hall–Kier alpha value is -0.620. The Labute approximate surface area is 90.3 Å². The van der Waals surface area contributed by atoms with Gasteiger partial charge in [-0.25, -0.2) is 8.42 Å². The van der Waals surface area contributed by atoms with E-state index in [1.165, 1.54) is 0 Å². The summed E-state index contributed by atoms with van der Waals surface area (Å²) in [6, 6.07) is 0. The van der Waals surface area contributed by atoms with Gasteiger partial charge in [0.1, 0.15) is 0 Å². The molecule has 6 heteroatoms. The predicted octanol–water partition coefficient (Wildman–Crippen LogP) is -0.725. The van der Waals surface area contributed by atoms with Crippen molar-refractivity contribution in [1.29, 1.82) is 0 Å². The number of carbonyl (C=O) groups is 1. The van der Waals surface area contributed by atoms with Crippen LogP contribution in [0, 0.1) is 5.92 Å². The van der Waals surface area contributed by atoms with Crippen molar-refractivity contribution in [3.63, 3.8) is 0 Å². The van der Waals surface area contributed by atoms with Gasteiger partial charge in [-0.2, -0.15) is 0 Å². The molecule has 1 aliphatic heterocycles. The third-order valence-corrected chi connectivity index (χ3v) is 4.73. The number of rotatable bonds is 4. The second kappa shape index (κ2) is 4.09. The SMILES string of the molecule is CC(CNC1(C)CCS(=O)(=O)C1)C(N)=O. The molecule has 1 saturated heterocycles. The molecule has 0 radical (unpaired) electrons. The van der Waals surface area contributed by atoms with E-state index in [0.717, 1.165) is 0 Å². The number of sulfone groups is 1. The average molecular weight is 234 g/mol. The van der Waals surface area contributed by atoms with Gasteiger partial charge in [-0.05, 0) is 13.3 Å². The number of hydrogen-bond acceptors (Lipinski definition) is 4. The highest BCUT2D eigenvalue weighted by Gasteiger charge is 2.38. The Kier molecular flexibility index (Phi) is 3.40. The standard InChI is InChI=1S/C9H18N2O3S/c1-7(8(10)12)5-11-9(2)3-4-15(13,14)6-9/h7,11H,3-6H2,1-2H3,(H2,10,12). The molecule has 0 aliphatic carbocycles. The fourth-order valence-electron chi connectivity index (χ4n) is 1.65. The van der Waals surface area contributed by atoms with E-state index in [1.807, 2.05) is 6.92 Å². The maximum absolute atomic E-state index is 11.3. The largest absolute Gasteiger partial charge is 0.369 e. The molecule has 0 spiro atoms. The van der Waals surface area contributed by atoms with Crippen molar-refractivity contribution >= 4 is 15.7 Å². The fourth-order valence-corrected chi connectivity index (χ4v) is 3.77. The molecule has 0 aromatic carbocycles. The van der Waals surface area contributed by atoms with Crippen LogP contribution in [0.25, 0.3) is 0 Å². The Balaban J connectivity index is 2.49. The van der Waals surface area contributed by atoms with Gasteiger partial charge in [0.2, 0.25) is 5.91 Å². The van der Waals surface area contributed by atoms with Crippen molar-refractivity contribution in [2.75, 3.05) is 18.1 Å². The van der Waals surface area contributed by atoms with E-state index in [2.05, 4.69) is 5.32 Å². The Bertz CT molecular complexity index is 352. The van der Waals surface area contributed by atoms with Gasteiger partial charge >= 0.3 is 0 Å². The molecule has 1 amide bonds. The van der Waals surface area contributed by atoms with Gasteiger partial charge in [0.05, 0.1) is 11.5 Å². The Morgan fingerprint density at radius 2 is 2.20 bits per heavy atom. The van der Waals surface area contributed by atoms with Crippen molar-refractivity contribution in [1.82, 2.24) is 5.32 Å². The van der Waals surface area contributed by atoms with E-state index in [9.17, 15) is 13.2 Å². The minimum Gasteiger partial charge on any atom is -0.369 e. The summed E-state index contributed by atoms with van der Waals surface area (Å²) in [6.07, 6.45) is 0.598. The second-order valence-corrected chi connectivity index (χ2v) is 6.77. The second-order valence-electron chi connectivity index (χ2n) is 4.59. The zero-order valence-electron chi connectivity index (χ0n) is 9.12. The molecule has 2 atom stereocenters. The van der Waals surface area contributed by atoms with Crippen LogP contribution in [-0.2, 0) is 14.6 Å². The lowest BCUT2D eigenvalue weighted by molar-refractivity contribution is -0.121. The molecule has 3 N–H and O–H groups in total.